The van der Waals surface area contributed by atoms with Gasteiger partial charge in [-0.1, -0.05) is 6.92 Å². The van der Waals surface area contributed by atoms with Crippen molar-refractivity contribution < 1.29 is 4.74 Å². The first kappa shape index (κ1) is 13.4. The van der Waals surface area contributed by atoms with Crippen molar-refractivity contribution in [1.29, 1.82) is 0 Å². The van der Waals surface area contributed by atoms with Crippen LogP contribution < -0.4 is 5.32 Å². The fourth-order valence-corrected chi connectivity index (χ4v) is 2.62. The summed E-state index contributed by atoms with van der Waals surface area (Å²) in [5.74, 6) is 0.757. The van der Waals surface area contributed by atoms with Crippen LogP contribution in [0.3, 0.4) is 0 Å². The Balaban J connectivity index is 1.85. The number of hydrogen-bond acceptors (Lipinski definition) is 4. The normalized spacial score (nSPS) is 24.6. The molecule has 0 aliphatic heterocycles. The quantitative estimate of drug-likeness (QED) is 0.805. The summed E-state index contributed by atoms with van der Waals surface area (Å²) in [7, 11) is 0. The third-order valence-corrected chi connectivity index (χ3v) is 3.55. The maximum atomic E-state index is 5.61. The molecule has 1 saturated carbocycles. The van der Waals surface area contributed by atoms with Gasteiger partial charge < -0.3 is 10.1 Å². The van der Waals surface area contributed by atoms with E-state index in [9.17, 15) is 0 Å². The molecule has 2 rings (SSSR count). The second kappa shape index (κ2) is 6.81. The molecule has 1 aromatic rings. The molecule has 1 fully saturated rings. The van der Waals surface area contributed by atoms with Crippen molar-refractivity contribution in [3.05, 3.63) is 24.3 Å². The topological polar surface area (TPSA) is 47.0 Å². The van der Waals surface area contributed by atoms with Gasteiger partial charge in [0.25, 0.3) is 0 Å². The van der Waals surface area contributed by atoms with Gasteiger partial charge in [0.1, 0.15) is 0 Å². The van der Waals surface area contributed by atoms with Gasteiger partial charge in [0.2, 0.25) is 0 Å². The molecule has 18 heavy (non-hydrogen) atoms. The minimum atomic E-state index is 0.330. The Bertz CT molecular complexity index is 338. The molecule has 4 nitrogen and oxygen atoms in total. The van der Waals surface area contributed by atoms with Gasteiger partial charge in [-0.2, -0.15) is 0 Å². The molecule has 0 bridgehead atoms. The number of rotatable bonds is 7. The van der Waals surface area contributed by atoms with Crippen molar-refractivity contribution in [3.63, 3.8) is 0 Å². The molecule has 1 heterocycles. The van der Waals surface area contributed by atoms with E-state index in [1.807, 2.05) is 6.20 Å². The maximum absolute atomic E-state index is 5.61. The zero-order valence-electron chi connectivity index (χ0n) is 11.3. The lowest BCUT2D eigenvalue weighted by atomic mass is 9.77. The monoisotopic (exact) mass is 249 g/mol. The number of nitrogens with zero attached hydrogens (tertiary/aromatic N) is 2. The molecule has 0 amide bonds. The molecule has 1 unspecified atom stereocenters. The molecule has 1 aromatic heterocycles. The van der Waals surface area contributed by atoms with Crippen LogP contribution in [0.2, 0.25) is 0 Å². The van der Waals surface area contributed by atoms with Crippen LogP contribution in [0.25, 0.3) is 0 Å². The van der Waals surface area contributed by atoms with Crippen LogP contribution in [-0.4, -0.2) is 29.2 Å². The van der Waals surface area contributed by atoms with Crippen molar-refractivity contribution in [3.8, 4) is 0 Å². The van der Waals surface area contributed by atoms with Crippen molar-refractivity contribution in [2.75, 3.05) is 13.2 Å². The van der Waals surface area contributed by atoms with Crippen LogP contribution in [0.4, 0.5) is 0 Å². The average molecular weight is 249 g/mol. The van der Waals surface area contributed by atoms with E-state index in [0.717, 1.165) is 31.2 Å². The smallest absolute Gasteiger partial charge is 0.0756 e. The van der Waals surface area contributed by atoms with Gasteiger partial charge in [-0.25, -0.2) is 0 Å². The highest BCUT2D eigenvalue weighted by molar-refractivity contribution is 5.03. The Hall–Kier alpha value is -1.00. The highest BCUT2D eigenvalue weighted by Gasteiger charge is 2.31. The predicted molar refractivity (Wildman–Crippen MR) is 71.2 cm³/mol. The first-order valence-electron chi connectivity index (χ1n) is 6.94. The van der Waals surface area contributed by atoms with Crippen LogP contribution in [0, 0.1) is 5.92 Å². The summed E-state index contributed by atoms with van der Waals surface area (Å²) in [5.41, 5.74) is 1.05. The first-order valence-corrected chi connectivity index (χ1v) is 6.94. The Morgan fingerprint density at radius 2 is 2.22 bits per heavy atom. The Morgan fingerprint density at radius 3 is 2.83 bits per heavy atom. The van der Waals surface area contributed by atoms with E-state index >= 15 is 0 Å². The average Bonchev–Trinajstić information content (AvgIpc) is 2.36. The molecule has 1 N–H and O–H groups in total. The number of aromatic nitrogens is 2. The third-order valence-electron chi connectivity index (χ3n) is 3.55. The summed E-state index contributed by atoms with van der Waals surface area (Å²) in [6.45, 7) is 5.99. The molecule has 0 aromatic carbocycles. The molecule has 0 spiro atoms. The van der Waals surface area contributed by atoms with E-state index in [4.69, 9.17) is 4.74 Å². The number of ether oxygens (including phenoxy) is 1. The Labute approximate surface area is 109 Å². The lowest BCUT2D eigenvalue weighted by Crippen LogP contribution is -2.35. The van der Waals surface area contributed by atoms with Gasteiger partial charge in [0.05, 0.1) is 17.8 Å². The van der Waals surface area contributed by atoms with E-state index in [1.165, 1.54) is 12.8 Å². The predicted octanol–water partition coefficient (Wildman–Crippen LogP) is 2.33. The highest BCUT2D eigenvalue weighted by Crippen LogP contribution is 2.36. The van der Waals surface area contributed by atoms with Gasteiger partial charge in [0.15, 0.2) is 0 Å². The summed E-state index contributed by atoms with van der Waals surface area (Å²) >= 11 is 0. The summed E-state index contributed by atoms with van der Waals surface area (Å²) in [6, 6.07) is 0.330. The SMILES string of the molecule is CCNC(CC1CC(OCC)C1)c1cnccn1. The second-order valence-electron chi connectivity index (χ2n) is 4.89. The zero-order valence-corrected chi connectivity index (χ0v) is 11.3. The van der Waals surface area contributed by atoms with Gasteiger partial charge in [-0.05, 0) is 38.6 Å². The lowest BCUT2D eigenvalue weighted by Gasteiger charge is -2.37. The largest absolute Gasteiger partial charge is 0.378 e. The van der Waals surface area contributed by atoms with E-state index in [0.29, 0.717) is 12.1 Å². The molecule has 100 valence electrons. The van der Waals surface area contributed by atoms with Crippen LogP contribution in [-0.2, 0) is 4.74 Å². The van der Waals surface area contributed by atoms with Crippen molar-refractivity contribution in [2.45, 2.75) is 45.3 Å². The summed E-state index contributed by atoms with van der Waals surface area (Å²) < 4.78 is 5.61. The van der Waals surface area contributed by atoms with E-state index in [2.05, 4.69) is 29.1 Å². The van der Waals surface area contributed by atoms with Gasteiger partial charge in [-0.15, -0.1) is 0 Å². The van der Waals surface area contributed by atoms with Gasteiger partial charge in [-0.3, -0.25) is 9.97 Å². The van der Waals surface area contributed by atoms with Crippen molar-refractivity contribution in [2.24, 2.45) is 5.92 Å². The molecular formula is C14H23N3O. The maximum Gasteiger partial charge on any atom is 0.0756 e. The minimum absolute atomic E-state index is 0.330. The summed E-state index contributed by atoms with van der Waals surface area (Å²) in [6.07, 6.45) is 9.36. The fourth-order valence-electron chi connectivity index (χ4n) is 2.62. The van der Waals surface area contributed by atoms with E-state index in [-0.39, 0.29) is 0 Å². The highest BCUT2D eigenvalue weighted by atomic mass is 16.5. The van der Waals surface area contributed by atoms with Crippen molar-refractivity contribution in [1.82, 2.24) is 15.3 Å². The summed E-state index contributed by atoms with van der Waals surface area (Å²) in [5, 5.41) is 3.50. The molecule has 1 aliphatic carbocycles. The molecular weight excluding hydrogens is 226 g/mol. The third kappa shape index (κ3) is 3.50. The Kier molecular flexibility index (Phi) is 5.08. The van der Waals surface area contributed by atoms with Crippen molar-refractivity contribution >= 4 is 0 Å². The van der Waals surface area contributed by atoms with E-state index < -0.39 is 0 Å². The lowest BCUT2D eigenvalue weighted by molar-refractivity contribution is -0.0292. The van der Waals surface area contributed by atoms with Crippen LogP contribution in [0.1, 0.15) is 44.8 Å². The number of hydrogen-bond donors (Lipinski definition) is 1. The van der Waals surface area contributed by atoms with Crippen LogP contribution in [0.15, 0.2) is 18.6 Å². The molecule has 0 saturated heterocycles. The van der Waals surface area contributed by atoms with Gasteiger partial charge in [0, 0.05) is 25.2 Å². The second-order valence-corrected chi connectivity index (χ2v) is 4.89. The number of nitrogens with one attached hydrogen (secondary N) is 1. The molecule has 0 radical (unpaired) electrons. The van der Waals surface area contributed by atoms with Gasteiger partial charge >= 0.3 is 0 Å². The summed E-state index contributed by atoms with van der Waals surface area (Å²) in [4.78, 5) is 8.56. The molecule has 1 aliphatic rings. The Morgan fingerprint density at radius 1 is 1.39 bits per heavy atom. The first-order chi connectivity index (χ1) is 8.83. The standard InChI is InChI=1S/C14H23N3O/c1-3-16-13(14-10-15-5-6-17-14)9-11-7-12(8-11)18-4-2/h5-6,10-13,16H,3-4,7-9H2,1-2H3. The van der Waals surface area contributed by atoms with Crippen LogP contribution >= 0.6 is 0 Å². The fraction of sp³-hybridized carbons (Fsp3) is 0.714. The zero-order chi connectivity index (χ0) is 12.8. The molecule has 4 heteroatoms. The minimum Gasteiger partial charge on any atom is -0.378 e. The molecule has 1 atom stereocenters. The van der Waals surface area contributed by atoms with Crippen LogP contribution in [0.5, 0.6) is 0 Å². The van der Waals surface area contributed by atoms with E-state index in [1.54, 1.807) is 12.4 Å².